The Morgan fingerprint density at radius 2 is 1.76 bits per heavy atom. The molecule has 2 heterocycles. The highest BCUT2D eigenvalue weighted by atomic mass is 79.9. The molecule has 4 rings (SSSR count). The Bertz CT molecular complexity index is 788. The van der Waals surface area contributed by atoms with Crippen LogP contribution in [0.3, 0.4) is 0 Å². The lowest BCUT2D eigenvalue weighted by molar-refractivity contribution is 0.0628. The van der Waals surface area contributed by atoms with Crippen molar-refractivity contribution in [2.75, 3.05) is 33.0 Å². The first-order chi connectivity index (χ1) is 12.2. The van der Waals surface area contributed by atoms with Gasteiger partial charge in [0.1, 0.15) is 0 Å². The second-order valence-electron chi connectivity index (χ2n) is 6.23. The molecule has 0 aromatic heterocycles. The zero-order chi connectivity index (χ0) is 17.2. The highest BCUT2D eigenvalue weighted by Crippen LogP contribution is 2.32. The van der Waals surface area contributed by atoms with Crippen LogP contribution >= 0.6 is 15.9 Å². The number of halogens is 1. The molecule has 0 N–H and O–H groups in total. The van der Waals surface area contributed by atoms with Crippen molar-refractivity contribution in [2.24, 2.45) is 0 Å². The topological polar surface area (TPSA) is 42.0 Å². The van der Waals surface area contributed by atoms with Crippen LogP contribution in [-0.2, 0) is 6.54 Å². The minimum absolute atomic E-state index is 0.0545. The van der Waals surface area contributed by atoms with Crippen molar-refractivity contribution in [3.8, 4) is 11.5 Å². The Morgan fingerprint density at radius 1 is 1.00 bits per heavy atom. The van der Waals surface area contributed by atoms with Gasteiger partial charge in [0.25, 0.3) is 5.91 Å². The number of carbonyl (C=O) groups is 1. The van der Waals surface area contributed by atoms with Crippen molar-refractivity contribution >= 4 is 21.8 Å². The average Bonchev–Trinajstić information content (AvgIpc) is 3.11. The Kier molecular flexibility index (Phi) is 4.63. The highest BCUT2D eigenvalue weighted by molar-refractivity contribution is 9.10. The molecule has 5 nitrogen and oxygen atoms in total. The summed E-state index contributed by atoms with van der Waals surface area (Å²) >= 11 is 3.60. The van der Waals surface area contributed by atoms with E-state index < -0.39 is 0 Å². The fourth-order valence-electron chi connectivity index (χ4n) is 3.19. The van der Waals surface area contributed by atoms with Crippen LogP contribution in [0.2, 0.25) is 0 Å². The molecule has 2 aliphatic heterocycles. The molecule has 2 aromatic rings. The van der Waals surface area contributed by atoms with Gasteiger partial charge >= 0.3 is 0 Å². The monoisotopic (exact) mass is 402 g/mol. The summed E-state index contributed by atoms with van der Waals surface area (Å²) < 4.78 is 11.8. The van der Waals surface area contributed by atoms with E-state index in [-0.39, 0.29) is 12.7 Å². The number of rotatable bonds is 3. The second kappa shape index (κ2) is 7.06. The van der Waals surface area contributed by atoms with Crippen LogP contribution in [-0.4, -0.2) is 48.7 Å². The molecule has 0 bridgehead atoms. The van der Waals surface area contributed by atoms with Gasteiger partial charge in [-0.1, -0.05) is 34.1 Å². The van der Waals surface area contributed by atoms with Crippen molar-refractivity contribution in [3.05, 3.63) is 58.1 Å². The molecular weight excluding hydrogens is 384 g/mol. The lowest BCUT2D eigenvalue weighted by atomic mass is 10.1. The maximum absolute atomic E-state index is 12.7. The van der Waals surface area contributed by atoms with E-state index in [1.807, 2.05) is 17.0 Å². The average molecular weight is 403 g/mol. The molecule has 130 valence electrons. The molecule has 2 aliphatic rings. The predicted molar refractivity (Wildman–Crippen MR) is 97.9 cm³/mol. The Balaban J connectivity index is 1.37. The summed E-state index contributed by atoms with van der Waals surface area (Å²) in [4.78, 5) is 17.0. The number of amides is 1. The van der Waals surface area contributed by atoms with Gasteiger partial charge < -0.3 is 14.4 Å². The van der Waals surface area contributed by atoms with Crippen LogP contribution in [0, 0.1) is 0 Å². The van der Waals surface area contributed by atoms with E-state index in [0.717, 1.165) is 37.2 Å². The minimum Gasteiger partial charge on any atom is -0.454 e. The maximum atomic E-state index is 12.7. The highest BCUT2D eigenvalue weighted by Gasteiger charge is 2.24. The smallest absolute Gasteiger partial charge is 0.254 e. The Morgan fingerprint density at radius 3 is 2.56 bits per heavy atom. The molecule has 1 saturated heterocycles. The second-order valence-corrected chi connectivity index (χ2v) is 7.08. The van der Waals surface area contributed by atoms with E-state index in [0.29, 0.717) is 17.1 Å². The molecular formula is C19H19BrN2O3. The van der Waals surface area contributed by atoms with Gasteiger partial charge in [-0.15, -0.1) is 0 Å². The number of piperazine rings is 1. The molecule has 0 spiro atoms. The van der Waals surface area contributed by atoms with Gasteiger partial charge in [-0.25, -0.2) is 0 Å². The summed E-state index contributed by atoms with van der Waals surface area (Å²) in [6.45, 7) is 4.33. The summed E-state index contributed by atoms with van der Waals surface area (Å²) in [6, 6.07) is 13.7. The van der Waals surface area contributed by atoms with Crippen LogP contribution in [0.5, 0.6) is 11.5 Å². The van der Waals surface area contributed by atoms with Gasteiger partial charge in [0, 0.05) is 42.8 Å². The standard InChI is InChI=1S/C19H19BrN2O3/c20-16-4-2-1-3-15(16)12-21-7-9-22(10-8-21)19(23)14-5-6-17-18(11-14)25-13-24-17/h1-6,11H,7-10,12-13H2. The number of fused-ring (bicyclic) bond motifs is 1. The summed E-state index contributed by atoms with van der Waals surface area (Å²) in [6.07, 6.45) is 0. The van der Waals surface area contributed by atoms with E-state index in [4.69, 9.17) is 9.47 Å². The maximum Gasteiger partial charge on any atom is 0.254 e. The van der Waals surface area contributed by atoms with Gasteiger partial charge in [-0.05, 0) is 29.8 Å². The molecule has 1 amide bonds. The van der Waals surface area contributed by atoms with Gasteiger partial charge in [0.05, 0.1) is 0 Å². The zero-order valence-corrected chi connectivity index (χ0v) is 15.4. The minimum atomic E-state index is 0.0545. The normalized spacial score (nSPS) is 16.9. The fraction of sp³-hybridized carbons (Fsp3) is 0.316. The van der Waals surface area contributed by atoms with Crippen molar-refractivity contribution < 1.29 is 14.3 Å². The molecule has 0 unspecified atom stereocenters. The lowest BCUT2D eigenvalue weighted by Crippen LogP contribution is -2.48. The van der Waals surface area contributed by atoms with Crippen molar-refractivity contribution in [3.63, 3.8) is 0 Å². The van der Waals surface area contributed by atoms with Crippen LogP contribution < -0.4 is 9.47 Å². The van der Waals surface area contributed by atoms with E-state index in [1.165, 1.54) is 5.56 Å². The summed E-state index contributed by atoms with van der Waals surface area (Å²) in [5.41, 5.74) is 1.93. The van der Waals surface area contributed by atoms with Gasteiger partial charge in [-0.2, -0.15) is 0 Å². The number of nitrogens with zero attached hydrogens (tertiary/aromatic N) is 2. The van der Waals surface area contributed by atoms with Gasteiger partial charge in [-0.3, -0.25) is 9.69 Å². The predicted octanol–water partition coefficient (Wildman–Crippen LogP) is 3.14. The number of ether oxygens (including phenoxy) is 2. The van der Waals surface area contributed by atoms with Gasteiger partial charge in [0.15, 0.2) is 11.5 Å². The molecule has 1 fully saturated rings. The molecule has 0 aliphatic carbocycles. The first-order valence-corrected chi connectivity index (χ1v) is 9.15. The van der Waals surface area contributed by atoms with Crippen molar-refractivity contribution in [1.29, 1.82) is 0 Å². The van der Waals surface area contributed by atoms with E-state index in [9.17, 15) is 4.79 Å². The van der Waals surface area contributed by atoms with E-state index in [1.54, 1.807) is 12.1 Å². The van der Waals surface area contributed by atoms with Crippen LogP contribution in [0.15, 0.2) is 46.9 Å². The van der Waals surface area contributed by atoms with E-state index in [2.05, 4.69) is 39.0 Å². The summed E-state index contributed by atoms with van der Waals surface area (Å²) in [5.74, 6) is 1.41. The number of carbonyl (C=O) groups excluding carboxylic acids is 1. The van der Waals surface area contributed by atoms with Crippen LogP contribution in [0.25, 0.3) is 0 Å². The zero-order valence-electron chi connectivity index (χ0n) is 13.8. The SMILES string of the molecule is O=C(c1ccc2c(c1)OCO2)N1CCN(Cc2ccccc2Br)CC1. The third kappa shape index (κ3) is 3.50. The molecule has 0 radical (unpaired) electrons. The molecule has 0 saturated carbocycles. The first-order valence-electron chi connectivity index (χ1n) is 8.35. The van der Waals surface area contributed by atoms with Crippen molar-refractivity contribution in [2.45, 2.75) is 6.54 Å². The number of benzene rings is 2. The van der Waals surface area contributed by atoms with E-state index >= 15 is 0 Å². The molecule has 25 heavy (non-hydrogen) atoms. The third-order valence-electron chi connectivity index (χ3n) is 4.63. The fourth-order valence-corrected chi connectivity index (χ4v) is 3.60. The van der Waals surface area contributed by atoms with Gasteiger partial charge in [0.2, 0.25) is 6.79 Å². The summed E-state index contributed by atoms with van der Waals surface area (Å²) in [7, 11) is 0. The number of hydrogen-bond acceptors (Lipinski definition) is 4. The molecule has 2 aromatic carbocycles. The Hall–Kier alpha value is -2.05. The number of hydrogen-bond donors (Lipinski definition) is 0. The Labute approximate surface area is 155 Å². The van der Waals surface area contributed by atoms with Crippen LogP contribution in [0.1, 0.15) is 15.9 Å². The first kappa shape index (κ1) is 16.4. The van der Waals surface area contributed by atoms with Crippen molar-refractivity contribution in [1.82, 2.24) is 9.80 Å². The molecule has 6 heteroatoms. The quantitative estimate of drug-likeness (QED) is 0.790. The summed E-state index contributed by atoms with van der Waals surface area (Å²) in [5, 5.41) is 0. The molecule has 0 atom stereocenters. The largest absolute Gasteiger partial charge is 0.454 e. The van der Waals surface area contributed by atoms with Crippen LogP contribution in [0.4, 0.5) is 0 Å². The third-order valence-corrected chi connectivity index (χ3v) is 5.40. The lowest BCUT2D eigenvalue weighted by Gasteiger charge is -2.35.